The van der Waals surface area contributed by atoms with Crippen LogP contribution in [0.1, 0.15) is 28.5 Å². The summed E-state index contributed by atoms with van der Waals surface area (Å²) in [6.45, 7) is 2.85. The zero-order valence-corrected chi connectivity index (χ0v) is 16.8. The first-order chi connectivity index (χ1) is 14.6. The standard InChI is InChI=1S/C21H23N5O4/c1-3-30-20(27)16-6-8-17(9-7-16)23-21(28)22-12-18-14-26(25-24-18)13-15-4-10-19(29-2)11-5-15/h4-11,14H,3,12-13H2,1-2H3,(H2,22,23,28). The summed E-state index contributed by atoms with van der Waals surface area (Å²) < 4.78 is 11.8. The maximum atomic E-state index is 12.1. The van der Waals surface area contributed by atoms with Crippen LogP contribution in [0.5, 0.6) is 5.75 Å². The van der Waals surface area contributed by atoms with Gasteiger partial charge in [-0.2, -0.15) is 0 Å². The molecule has 0 atom stereocenters. The van der Waals surface area contributed by atoms with Gasteiger partial charge in [-0.1, -0.05) is 17.3 Å². The number of carbonyl (C=O) groups excluding carboxylic acids is 2. The molecule has 0 radical (unpaired) electrons. The van der Waals surface area contributed by atoms with Gasteiger partial charge in [-0.15, -0.1) is 5.10 Å². The number of nitrogens with one attached hydrogen (secondary N) is 2. The van der Waals surface area contributed by atoms with E-state index in [1.807, 2.05) is 24.3 Å². The van der Waals surface area contributed by atoms with E-state index in [-0.39, 0.29) is 12.6 Å². The number of methoxy groups -OCH3 is 1. The van der Waals surface area contributed by atoms with Crippen molar-refractivity contribution in [2.45, 2.75) is 20.0 Å². The average Bonchev–Trinajstić information content (AvgIpc) is 3.21. The molecule has 156 valence electrons. The number of hydrogen-bond acceptors (Lipinski definition) is 6. The highest BCUT2D eigenvalue weighted by Crippen LogP contribution is 2.12. The van der Waals surface area contributed by atoms with Gasteiger partial charge in [0.05, 0.1) is 38.6 Å². The van der Waals surface area contributed by atoms with Crippen molar-refractivity contribution in [2.24, 2.45) is 0 Å². The molecule has 1 aromatic heterocycles. The molecule has 0 aliphatic rings. The lowest BCUT2D eigenvalue weighted by Crippen LogP contribution is -2.28. The van der Waals surface area contributed by atoms with Gasteiger partial charge in [-0.3, -0.25) is 0 Å². The van der Waals surface area contributed by atoms with Gasteiger partial charge in [0, 0.05) is 5.69 Å². The summed E-state index contributed by atoms with van der Waals surface area (Å²) in [4.78, 5) is 23.7. The van der Waals surface area contributed by atoms with Crippen molar-refractivity contribution >= 4 is 17.7 Å². The molecule has 2 amide bonds. The Morgan fingerprint density at radius 3 is 2.47 bits per heavy atom. The molecule has 2 aromatic carbocycles. The van der Waals surface area contributed by atoms with Crippen LogP contribution in [-0.2, 0) is 17.8 Å². The number of rotatable bonds is 8. The van der Waals surface area contributed by atoms with Crippen LogP contribution in [0.15, 0.2) is 54.7 Å². The number of anilines is 1. The summed E-state index contributed by atoms with van der Waals surface area (Å²) >= 11 is 0. The molecular formula is C21H23N5O4. The second-order valence-electron chi connectivity index (χ2n) is 6.36. The van der Waals surface area contributed by atoms with Gasteiger partial charge in [-0.05, 0) is 48.9 Å². The third-order valence-corrected chi connectivity index (χ3v) is 4.17. The molecule has 30 heavy (non-hydrogen) atoms. The van der Waals surface area contributed by atoms with Gasteiger partial charge in [0.15, 0.2) is 0 Å². The Kier molecular flexibility index (Phi) is 6.99. The predicted octanol–water partition coefficient (Wildman–Crippen LogP) is 2.83. The first-order valence-electron chi connectivity index (χ1n) is 9.41. The molecule has 0 fully saturated rings. The number of aromatic nitrogens is 3. The van der Waals surface area contributed by atoms with Crippen molar-refractivity contribution in [1.29, 1.82) is 0 Å². The molecule has 0 saturated heterocycles. The first-order valence-corrected chi connectivity index (χ1v) is 9.41. The highest BCUT2D eigenvalue weighted by Gasteiger charge is 2.08. The predicted molar refractivity (Wildman–Crippen MR) is 110 cm³/mol. The highest BCUT2D eigenvalue weighted by atomic mass is 16.5. The fourth-order valence-electron chi connectivity index (χ4n) is 2.67. The number of amides is 2. The summed E-state index contributed by atoms with van der Waals surface area (Å²) in [5.74, 6) is 0.398. The maximum Gasteiger partial charge on any atom is 0.338 e. The van der Waals surface area contributed by atoms with Crippen LogP contribution < -0.4 is 15.4 Å². The molecule has 0 aliphatic carbocycles. The first kappa shape index (κ1) is 20.8. The van der Waals surface area contributed by atoms with E-state index in [9.17, 15) is 9.59 Å². The third-order valence-electron chi connectivity index (χ3n) is 4.17. The van der Waals surface area contributed by atoms with Gasteiger partial charge in [0.2, 0.25) is 0 Å². The summed E-state index contributed by atoms with van der Waals surface area (Å²) in [7, 11) is 1.63. The van der Waals surface area contributed by atoms with Crippen molar-refractivity contribution in [3.63, 3.8) is 0 Å². The molecule has 3 aromatic rings. The van der Waals surface area contributed by atoms with E-state index in [2.05, 4.69) is 20.9 Å². The van der Waals surface area contributed by atoms with Gasteiger partial charge in [0.1, 0.15) is 11.4 Å². The Bertz CT molecular complexity index is 983. The third kappa shape index (κ3) is 5.81. The highest BCUT2D eigenvalue weighted by molar-refractivity contribution is 5.92. The number of benzene rings is 2. The van der Waals surface area contributed by atoms with Gasteiger partial charge in [-0.25, -0.2) is 14.3 Å². The minimum absolute atomic E-state index is 0.232. The molecule has 0 bridgehead atoms. The largest absolute Gasteiger partial charge is 0.497 e. The minimum atomic E-state index is -0.397. The van der Waals surface area contributed by atoms with Crippen molar-refractivity contribution in [1.82, 2.24) is 20.3 Å². The summed E-state index contributed by atoms with van der Waals surface area (Å²) in [6.07, 6.45) is 1.78. The lowest BCUT2D eigenvalue weighted by atomic mass is 10.2. The number of ether oxygens (including phenoxy) is 2. The number of nitrogens with zero attached hydrogens (tertiary/aromatic N) is 3. The molecule has 0 unspecified atom stereocenters. The molecule has 0 aliphatic heterocycles. The Labute approximate surface area is 174 Å². The zero-order chi connectivity index (χ0) is 21.3. The molecule has 9 nitrogen and oxygen atoms in total. The van der Waals surface area contributed by atoms with Gasteiger partial charge < -0.3 is 20.1 Å². The van der Waals surface area contributed by atoms with Gasteiger partial charge >= 0.3 is 12.0 Å². The molecular weight excluding hydrogens is 386 g/mol. The van der Waals surface area contributed by atoms with Crippen LogP contribution in [-0.4, -0.2) is 40.7 Å². The molecule has 0 saturated carbocycles. The van der Waals surface area contributed by atoms with Crippen molar-refractivity contribution in [2.75, 3.05) is 19.0 Å². The van der Waals surface area contributed by atoms with Crippen molar-refractivity contribution in [3.8, 4) is 5.75 Å². The molecule has 9 heteroatoms. The van der Waals surface area contributed by atoms with E-state index in [4.69, 9.17) is 9.47 Å². The number of urea groups is 1. The fraction of sp³-hybridized carbons (Fsp3) is 0.238. The Hall–Kier alpha value is -3.88. The lowest BCUT2D eigenvalue weighted by molar-refractivity contribution is 0.0526. The number of carbonyl (C=O) groups is 2. The van der Waals surface area contributed by atoms with Crippen molar-refractivity contribution < 1.29 is 19.1 Å². The van der Waals surface area contributed by atoms with E-state index in [0.29, 0.717) is 30.1 Å². The van der Waals surface area contributed by atoms with Crippen LogP contribution in [0.3, 0.4) is 0 Å². The summed E-state index contributed by atoms with van der Waals surface area (Å²) in [5.41, 5.74) is 2.68. The zero-order valence-electron chi connectivity index (χ0n) is 16.8. The van der Waals surface area contributed by atoms with Crippen LogP contribution in [0, 0.1) is 0 Å². The van der Waals surface area contributed by atoms with E-state index in [1.165, 1.54) is 0 Å². The second-order valence-corrected chi connectivity index (χ2v) is 6.36. The fourth-order valence-corrected chi connectivity index (χ4v) is 2.67. The molecule has 3 rings (SSSR count). The average molecular weight is 409 g/mol. The summed E-state index contributed by atoms with van der Waals surface area (Å²) in [5, 5.41) is 13.6. The monoisotopic (exact) mass is 409 g/mol. The second kappa shape index (κ2) is 10.1. The smallest absolute Gasteiger partial charge is 0.338 e. The summed E-state index contributed by atoms with van der Waals surface area (Å²) in [6, 6.07) is 13.8. The van der Waals surface area contributed by atoms with E-state index in [0.717, 1.165) is 11.3 Å². The lowest BCUT2D eigenvalue weighted by Gasteiger charge is -2.07. The maximum absolute atomic E-state index is 12.1. The van der Waals surface area contributed by atoms with Crippen LogP contribution in [0.4, 0.5) is 10.5 Å². The van der Waals surface area contributed by atoms with E-state index >= 15 is 0 Å². The normalized spacial score (nSPS) is 10.3. The van der Waals surface area contributed by atoms with Crippen LogP contribution in [0.2, 0.25) is 0 Å². The van der Waals surface area contributed by atoms with Crippen LogP contribution in [0.25, 0.3) is 0 Å². The van der Waals surface area contributed by atoms with E-state index in [1.54, 1.807) is 49.2 Å². The van der Waals surface area contributed by atoms with Gasteiger partial charge in [0.25, 0.3) is 0 Å². The number of esters is 1. The molecule has 0 spiro atoms. The van der Waals surface area contributed by atoms with Crippen molar-refractivity contribution in [3.05, 3.63) is 71.5 Å². The number of hydrogen-bond donors (Lipinski definition) is 2. The Morgan fingerprint density at radius 1 is 1.07 bits per heavy atom. The Balaban J connectivity index is 1.47. The topological polar surface area (TPSA) is 107 Å². The van der Waals surface area contributed by atoms with E-state index < -0.39 is 5.97 Å². The SMILES string of the molecule is CCOC(=O)c1ccc(NC(=O)NCc2cn(Cc3ccc(OC)cc3)nn2)cc1. The minimum Gasteiger partial charge on any atom is -0.497 e. The van der Waals surface area contributed by atoms with Crippen LogP contribution >= 0.6 is 0 Å². The molecule has 2 N–H and O–H groups in total. The quantitative estimate of drug-likeness (QED) is 0.554. The Morgan fingerprint density at radius 2 is 1.80 bits per heavy atom. The molecule has 1 heterocycles.